The predicted molar refractivity (Wildman–Crippen MR) is 81.2 cm³/mol. The van der Waals surface area contributed by atoms with Gasteiger partial charge in [-0.2, -0.15) is 0 Å². The molecule has 3 nitrogen and oxygen atoms in total. The molecule has 0 aromatic carbocycles. The molecule has 1 aliphatic heterocycles. The average molecular weight is 278 g/mol. The maximum Gasteiger partial charge on any atom is 0.241 e. The lowest BCUT2D eigenvalue weighted by atomic mass is 10.0. The molecule has 0 bridgehead atoms. The van der Waals surface area contributed by atoms with Crippen molar-refractivity contribution in [3.05, 3.63) is 0 Å². The van der Waals surface area contributed by atoms with Crippen LogP contribution in [0, 0.1) is 17.8 Å². The van der Waals surface area contributed by atoms with Gasteiger partial charge in [-0.1, -0.05) is 39.5 Å². The minimum Gasteiger partial charge on any atom is -0.326 e. The number of carbonyl (C=O) groups is 1. The third-order valence-corrected chi connectivity index (χ3v) is 5.46. The number of hydrogen-bond donors (Lipinski definition) is 1. The largest absolute Gasteiger partial charge is 0.326 e. The van der Waals surface area contributed by atoms with Gasteiger partial charge in [-0.25, -0.2) is 0 Å². The Morgan fingerprint density at radius 2 is 1.90 bits per heavy atom. The molecule has 3 rings (SSSR count). The Labute approximate surface area is 123 Å². The van der Waals surface area contributed by atoms with Crippen LogP contribution in [-0.4, -0.2) is 29.6 Å². The van der Waals surface area contributed by atoms with Crippen molar-refractivity contribution in [1.29, 1.82) is 0 Å². The maximum atomic E-state index is 12.7. The molecule has 0 spiro atoms. The van der Waals surface area contributed by atoms with E-state index in [-0.39, 0.29) is 6.04 Å². The highest BCUT2D eigenvalue weighted by molar-refractivity contribution is 5.84. The van der Waals surface area contributed by atoms with Gasteiger partial charge in [0.05, 0.1) is 12.2 Å². The van der Waals surface area contributed by atoms with Crippen molar-refractivity contribution in [2.24, 2.45) is 17.8 Å². The zero-order valence-electron chi connectivity index (χ0n) is 13.1. The summed E-state index contributed by atoms with van der Waals surface area (Å²) >= 11 is 0. The second kappa shape index (κ2) is 6.05. The fourth-order valence-electron chi connectivity index (χ4n) is 4.01. The lowest BCUT2D eigenvalue weighted by molar-refractivity contribution is -0.131. The third kappa shape index (κ3) is 3.03. The second-order valence-electron chi connectivity index (χ2n) is 7.49. The van der Waals surface area contributed by atoms with Crippen molar-refractivity contribution < 1.29 is 4.79 Å². The van der Waals surface area contributed by atoms with Crippen molar-refractivity contribution in [2.45, 2.75) is 77.4 Å². The molecule has 114 valence electrons. The van der Waals surface area contributed by atoms with E-state index in [9.17, 15) is 4.79 Å². The molecule has 0 radical (unpaired) electrons. The SMILES string of the molecule is CC(C)C1NC(C2CCCC2)N(CCCC2CC2)C1=O. The van der Waals surface area contributed by atoms with E-state index in [1.165, 1.54) is 51.4 Å². The van der Waals surface area contributed by atoms with Crippen molar-refractivity contribution in [3.63, 3.8) is 0 Å². The van der Waals surface area contributed by atoms with E-state index in [4.69, 9.17) is 0 Å². The lowest BCUT2D eigenvalue weighted by Crippen LogP contribution is -2.43. The van der Waals surface area contributed by atoms with Crippen molar-refractivity contribution in [2.75, 3.05) is 6.54 Å². The van der Waals surface area contributed by atoms with E-state index in [1.54, 1.807) is 0 Å². The molecule has 3 heteroatoms. The first kappa shape index (κ1) is 14.4. The van der Waals surface area contributed by atoms with Crippen LogP contribution in [0.2, 0.25) is 0 Å². The van der Waals surface area contributed by atoms with Gasteiger partial charge in [0, 0.05) is 6.54 Å². The number of hydrogen-bond acceptors (Lipinski definition) is 2. The molecular weight excluding hydrogens is 248 g/mol. The van der Waals surface area contributed by atoms with Crippen LogP contribution in [0.3, 0.4) is 0 Å². The first-order valence-corrected chi connectivity index (χ1v) is 8.73. The van der Waals surface area contributed by atoms with Gasteiger partial charge < -0.3 is 4.90 Å². The van der Waals surface area contributed by atoms with E-state index < -0.39 is 0 Å². The smallest absolute Gasteiger partial charge is 0.241 e. The Balaban J connectivity index is 1.62. The lowest BCUT2D eigenvalue weighted by Gasteiger charge is -2.29. The molecule has 2 unspecified atom stereocenters. The van der Waals surface area contributed by atoms with Crippen LogP contribution in [0.5, 0.6) is 0 Å². The van der Waals surface area contributed by atoms with Crippen LogP contribution >= 0.6 is 0 Å². The highest BCUT2D eigenvalue weighted by Crippen LogP contribution is 2.35. The Morgan fingerprint density at radius 3 is 2.50 bits per heavy atom. The zero-order chi connectivity index (χ0) is 14.1. The first-order chi connectivity index (χ1) is 9.66. The van der Waals surface area contributed by atoms with E-state index in [1.807, 2.05) is 0 Å². The number of amides is 1. The molecule has 1 N–H and O–H groups in total. The highest BCUT2D eigenvalue weighted by atomic mass is 16.2. The second-order valence-corrected chi connectivity index (χ2v) is 7.49. The van der Waals surface area contributed by atoms with Gasteiger partial charge in [0.15, 0.2) is 0 Å². The third-order valence-electron chi connectivity index (χ3n) is 5.46. The van der Waals surface area contributed by atoms with Crippen LogP contribution in [-0.2, 0) is 4.79 Å². The summed E-state index contributed by atoms with van der Waals surface area (Å²) in [5.41, 5.74) is 0. The Hall–Kier alpha value is -0.570. The van der Waals surface area contributed by atoms with Crippen LogP contribution in [0.4, 0.5) is 0 Å². The van der Waals surface area contributed by atoms with E-state index in [0.29, 0.717) is 23.9 Å². The summed E-state index contributed by atoms with van der Waals surface area (Å²) in [4.78, 5) is 14.9. The van der Waals surface area contributed by atoms with Gasteiger partial charge in [-0.15, -0.1) is 0 Å². The molecule has 3 aliphatic rings. The predicted octanol–water partition coefficient (Wildman–Crippen LogP) is 3.15. The monoisotopic (exact) mass is 278 g/mol. The van der Waals surface area contributed by atoms with Crippen LogP contribution in [0.15, 0.2) is 0 Å². The van der Waals surface area contributed by atoms with Gasteiger partial charge in [0.1, 0.15) is 0 Å². The van der Waals surface area contributed by atoms with E-state index in [0.717, 1.165) is 12.5 Å². The molecule has 20 heavy (non-hydrogen) atoms. The number of rotatable bonds is 6. The highest BCUT2D eigenvalue weighted by Gasteiger charge is 2.43. The first-order valence-electron chi connectivity index (χ1n) is 8.73. The number of nitrogens with one attached hydrogen (secondary N) is 1. The van der Waals surface area contributed by atoms with Gasteiger partial charge in [0.25, 0.3) is 0 Å². The summed E-state index contributed by atoms with van der Waals surface area (Å²) in [5.74, 6) is 2.45. The molecule has 0 aromatic rings. The number of nitrogens with zero attached hydrogens (tertiary/aromatic N) is 1. The van der Waals surface area contributed by atoms with Gasteiger partial charge in [0.2, 0.25) is 5.91 Å². The molecule has 1 amide bonds. The summed E-state index contributed by atoms with van der Waals surface area (Å²) in [6.07, 6.45) is 11.0. The van der Waals surface area contributed by atoms with Crippen LogP contribution in [0.1, 0.15) is 65.2 Å². The zero-order valence-corrected chi connectivity index (χ0v) is 13.1. The molecule has 3 fully saturated rings. The molecule has 2 atom stereocenters. The summed E-state index contributed by atoms with van der Waals surface area (Å²) in [6.45, 7) is 5.30. The Kier molecular flexibility index (Phi) is 4.34. The minimum absolute atomic E-state index is 0.0570. The average Bonchev–Trinajstić information content (AvgIpc) is 2.96. The quantitative estimate of drug-likeness (QED) is 0.809. The number of carbonyl (C=O) groups excluding carboxylic acids is 1. The molecule has 0 aromatic heterocycles. The molecule has 2 saturated carbocycles. The van der Waals surface area contributed by atoms with Crippen molar-refractivity contribution in [1.82, 2.24) is 10.2 Å². The van der Waals surface area contributed by atoms with Crippen molar-refractivity contribution >= 4 is 5.91 Å². The minimum atomic E-state index is 0.0570. The van der Waals surface area contributed by atoms with Gasteiger partial charge in [-0.3, -0.25) is 10.1 Å². The molecule has 2 aliphatic carbocycles. The fourth-order valence-corrected chi connectivity index (χ4v) is 4.01. The van der Waals surface area contributed by atoms with Gasteiger partial charge >= 0.3 is 0 Å². The summed E-state index contributed by atoms with van der Waals surface area (Å²) in [6, 6.07) is 0.0570. The topological polar surface area (TPSA) is 32.3 Å². The molecule has 1 saturated heterocycles. The van der Waals surface area contributed by atoms with Crippen LogP contribution in [0.25, 0.3) is 0 Å². The Morgan fingerprint density at radius 1 is 1.20 bits per heavy atom. The van der Waals surface area contributed by atoms with Crippen molar-refractivity contribution in [3.8, 4) is 0 Å². The summed E-state index contributed by atoms with van der Waals surface area (Å²) < 4.78 is 0. The molecular formula is C17H30N2O. The van der Waals surface area contributed by atoms with Gasteiger partial charge in [-0.05, 0) is 43.4 Å². The maximum absolute atomic E-state index is 12.7. The summed E-state index contributed by atoms with van der Waals surface area (Å²) in [5, 5.41) is 3.66. The molecule has 1 heterocycles. The van der Waals surface area contributed by atoms with E-state index in [2.05, 4.69) is 24.1 Å². The Bertz CT molecular complexity index is 345. The fraction of sp³-hybridized carbons (Fsp3) is 0.941. The van der Waals surface area contributed by atoms with E-state index >= 15 is 0 Å². The van der Waals surface area contributed by atoms with Crippen LogP contribution < -0.4 is 5.32 Å². The normalized spacial score (nSPS) is 31.8. The summed E-state index contributed by atoms with van der Waals surface area (Å²) in [7, 11) is 0. The standard InChI is InChI=1S/C17H30N2O/c1-12(2)15-17(20)19(11-5-6-13-9-10-13)16(18-15)14-7-3-4-8-14/h12-16,18H,3-11H2,1-2H3.